The fraction of sp³-hybridized carbons (Fsp3) is 0.673. The number of allylic oxidation sites excluding steroid dienone is 15. The SMILES string of the molecule is CC/C=C\C/C=C\C/C=C\C/C=C\C/C=C\C/C=C\C/C=C\CCCCCCCC(=O)NC(CO)C(O)/C=C/CCCCCCCCCCCCCCCCC. The van der Waals surface area contributed by atoms with Crippen LogP contribution in [0.5, 0.6) is 0 Å². The number of rotatable bonds is 41. The summed E-state index contributed by atoms with van der Waals surface area (Å²) in [6, 6.07) is -0.639. The molecule has 0 heterocycles. The van der Waals surface area contributed by atoms with Crippen LogP contribution in [0.15, 0.2) is 97.2 Å². The van der Waals surface area contributed by atoms with Crippen molar-refractivity contribution < 1.29 is 15.0 Å². The van der Waals surface area contributed by atoms with E-state index in [-0.39, 0.29) is 12.5 Å². The highest BCUT2D eigenvalue weighted by molar-refractivity contribution is 5.76. The summed E-state index contributed by atoms with van der Waals surface area (Å²) in [5.41, 5.74) is 0. The summed E-state index contributed by atoms with van der Waals surface area (Å²) in [6.45, 7) is 4.18. The van der Waals surface area contributed by atoms with Crippen LogP contribution in [0.4, 0.5) is 0 Å². The summed E-state index contributed by atoms with van der Waals surface area (Å²) >= 11 is 0. The van der Waals surface area contributed by atoms with E-state index in [1.54, 1.807) is 6.08 Å². The fourth-order valence-electron chi connectivity index (χ4n) is 6.51. The highest BCUT2D eigenvalue weighted by Gasteiger charge is 2.17. The number of carbonyl (C=O) groups is 1. The number of unbranched alkanes of at least 4 members (excludes halogenated alkanes) is 20. The van der Waals surface area contributed by atoms with Crippen molar-refractivity contribution in [3.8, 4) is 0 Å². The lowest BCUT2D eigenvalue weighted by molar-refractivity contribution is -0.123. The number of hydrogen-bond donors (Lipinski definition) is 3. The van der Waals surface area contributed by atoms with Crippen molar-refractivity contribution in [3.63, 3.8) is 0 Å². The summed E-state index contributed by atoms with van der Waals surface area (Å²) in [6.07, 6.45) is 69.4. The first kappa shape index (κ1) is 53.3. The van der Waals surface area contributed by atoms with Gasteiger partial charge in [0.2, 0.25) is 5.91 Å². The van der Waals surface area contributed by atoms with Crippen LogP contribution in [-0.4, -0.2) is 34.9 Å². The number of nitrogens with one attached hydrogen (secondary N) is 1. The zero-order chi connectivity index (χ0) is 40.7. The molecule has 0 aromatic carbocycles. The normalized spacial score (nSPS) is 13.9. The molecule has 1 amide bonds. The molecule has 4 heteroatoms. The third-order valence-electron chi connectivity index (χ3n) is 10.1. The van der Waals surface area contributed by atoms with Crippen molar-refractivity contribution >= 4 is 5.91 Å². The van der Waals surface area contributed by atoms with Crippen molar-refractivity contribution in [2.24, 2.45) is 0 Å². The van der Waals surface area contributed by atoms with Crippen molar-refractivity contribution in [2.45, 2.75) is 219 Å². The molecule has 0 radical (unpaired) electrons. The third kappa shape index (κ3) is 42.5. The summed E-state index contributed by atoms with van der Waals surface area (Å²) < 4.78 is 0. The fourth-order valence-corrected chi connectivity index (χ4v) is 6.51. The van der Waals surface area contributed by atoms with Gasteiger partial charge in [-0.2, -0.15) is 0 Å². The third-order valence-corrected chi connectivity index (χ3v) is 10.1. The summed E-state index contributed by atoms with van der Waals surface area (Å²) in [5.74, 6) is -0.0868. The molecule has 0 aromatic rings. The molecule has 0 aromatic heterocycles. The van der Waals surface area contributed by atoms with Gasteiger partial charge in [0.05, 0.1) is 18.8 Å². The van der Waals surface area contributed by atoms with E-state index in [0.29, 0.717) is 6.42 Å². The monoisotopic (exact) mass is 776 g/mol. The van der Waals surface area contributed by atoms with E-state index in [1.165, 1.54) is 103 Å². The molecule has 0 aliphatic rings. The molecule has 0 aliphatic carbocycles. The van der Waals surface area contributed by atoms with Crippen molar-refractivity contribution in [1.29, 1.82) is 0 Å². The lowest BCUT2D eigenvalue weighted by Crippen LogP contribution is -2.45. The van der Waals surface area contributed by atoms with Gasteiger partial charge >= 0.3 is 0 Å². The molecule has 320 valence electrons. The number of hydrogen-bond acceptors (Lipinski definition) is 3. The maximum Gasteiger partial charge on any atom is 0.220 e. The molecule has 0 aliphatic heterocycles. The predicted octanol–water partition coefficient (Wildman–Crippen LogP) is 15.0. The Bertz CT molecular complexity index is 1060. The van der Waals surface area contributed by atoms with Crippen molar-refractivity contribution in [3.05, 3.63) is 97.2 Å². The first-order valence-electron chi connectivity index (χ1n) is 23.5. The van der Waals surface area contributed by atoms with Crippen LogP contribution < -0.4 is 5.32 Å². The lowest BCUT2D eigenvalue weighted by atomic mass is 10.0. The van der Waals surface area contributed by atoms with E-state index >= 15 is 0 Å². The Labute approximate surface area is 347 Å². The Balaban J connectivity index is 3.68. The Hall–Kier alpha value is -2.69. The highest BCUT2D eigenvalue weighted by Crippen LogP contribution is 2.14. The van der Waals surface area contributed by atoms with Crippen LogP contribution in [0.1, 0.15) is 206 Å². The van der Waals surface area contributed by atoms with Crippen LogP contribution in [0.2, 0.25) is 0 Å². The van der Waals surface area contributed by atoms with Gasteiger partial charge in [-0.3, -0.25) is 4.79 Å². The Kier molecular flexibility index (Phi) is 44.4. The molecule has 0 spiro atoms. The summed E-state index contributed by atoms with van der Waals surface area (Å²) in [7, 11) is 0. The molecule has 0 saturated carbocycles. The Morgan fingerprint density at radius 2 is 0.786 bits per heavy atom. The predicted molar refractivity (Wildman–Crippen MR) is 248 cm³/mol. The zero-order valence-electron chi connectivity index (χ0n) is 36.6. The Morgan fingerprint density at radius 3 is 1.18 bits per heavy atom. The number of aliphatic hydroxyl groups excluding tert-OH is 2. The number of amides is 1. The average Bonchev–Trinajstić information content (AvgIpc) is 3.20. The van der Waals surface area contributed by atoms with Gasteiger partial charge < -0.3 is 15.5 Å². The van der Waals surface area contributed by atoms with Gasteiger partial charge in [-0.25, -0.2) is 0 Å². The maximum atomic E-state index is 12.4. The molecular weight excluding hydrogens is 687 g/mol. The van der Waals surface area contributed by atoms with Crippen LogP contribution in [0, 0.1) is 0 Å². The van der Waals surface area contributed by atoms with Crippen LogP contribution in [-0.2, 0) is 4.79 Å². The summed E-state index contributed by atoms with van der Waals surface area (Å²) in [5, 5.41) is 23.0. The van der Waals surface area contributed by atoms with Gasteiger partial charge in [0.25, 0.3) is 0 Å². The van der Waals surface area contributed by atoms with Crippen LogP contribution in [0.3, 0.4) is 0 Å². The van der Waals surface area contributed by atoms with Gasteiger partial charge in [0.15, 0.2) is 0 Å². The van der Waals surface area contributed by atoms with Gasteiger partial charge in [0.1, 0.15) is 0 Å². The van der Waals surface area contributed by atoms with Gasteiger partial charge in [-0.1, -0.05) is 220 Å². The Morgan fingerprint density at radius 1 is 0.446 bits per heavy atom. The first-order chi connectivity index (χ1) is 27.7. The second-order valence-corrected chi connectivity index (χ2v) is 15.4. The van der Waals surface area contributed by atoms with E-state index in [2.05, 4.69) is 104 Å². The minimum absolute atomic E-state index is 0.0868. The van der Waals surface area contributed by atoms with Gasteiger partial charge in [0, 0.05) is 6.42 Å². The minimum Gasteiger partial charge on any atom is -0.394 e. The van der Waals surface area contributed by atoms with E-state index in [4.69, 9.17) is 0 Å². The molecular formula is C52H89NO3. The van der Waals surface area contributed by atoms with E-state index < -0.39 is 12.1 Å². The van der Waals surface area contributed by atoms with E-state index in [0.717, 1.165) is 83.5 Å². The molecule has 0 bridgehead atoms. The number of aliphatic hydroxyl groups is 2. The van der Waals surface area contributed by atoms with E-state index in [1.807, 2.05) is 6.08 Å². The molecule has 2 atom stereocenters. The molecule has 56 heavy (non-hydrogen) atoms. The first-order valence-corrected chi connectivity index (χ1v) is 23.5. The number of carbonyl (C=O) groups excluding carboxylic acids is 1. The van der Waals surface area contributed by atoms with Crippen molar-refractivity contribution in [1.82, 2.24) is 5.32 Å². The van der Waals surface area contributed by atoms with Crippen LogP contribution >= 0.6 is 0 Å². The summed E-state index contributed by atoms with van der Waals surface area (Å²) in [4.78, 5) is 12.4. The minimum atomic E-state index is -0.854. The van der Waals surface area contributed by atoms with Gasteiger partial charge in [-0.05, 0) is 77.0 Å². The molecule has 0 saturated heterocycles. The van der Waals surface area contributed by atoms with Crippen molar-refractivity contribution in [2.75, 3.05) is 6.61 Å². The molecule has 4 nitrogen and oxygen atoms in total. The van der Waals surface area contributed by atoms with Gasteiger partial charge in [-0.15, -0.1) is 0 Å². The second-order valence-electron chi connectivity index (χ2n) is 15.4. The average molecular weight is 776 g/mol. The van der Waals surface area contributed by atoms with E-state index in [9.17, 15) is 15.0 Å². The largest absolute Gasteiger partial charge is 0.394 e. The highest BCUT2D eigenvalue weighted by atomic mass is 16.3. The quantitative estimate of drug-likeness (QED) is 0.0428. The molecule has 0 rings (SSSR count). The van der Waals surface area contributed by atoms with Crippen LogP contribution in [0.25, 0.3) is 0 Å². The molecule has 3 N–H and O–H groups in total. The lowest BCUT2D eigenvalue weighted by Gasteiger charge is -2.20. The standard InChI is InChI=1S/C52H89NO3/c1-3-5-7-9-11-13-15-17-19-21-22-23-24-25-26-27-28-29-30-32-34-36-38-40-42-44-46-48-52(56)53-50(49-54)51(55)47-45-43-41-39-37-35-33-31-20-18-16-14-12-10-8-6-4-2/h5,7,11,13,17,19,22-23,25-26,28-29,32,34,45,47,50-51,54-55H,3-4,6,8-10,12,14-16,18,20-21,24,27,30-31,33,35-44,46,48-49H2,1-2H3,(H,53,56)/b7-5-,13-11-,19-17-,23-22-,26-25-,29-28-,34-32-,47-45+. The topological polar surface area (TPSA) is 69.6 Å². The molecule has 2 unspecified atom stereocenters. The second kappa shape index (κ2) is 46.7. The smallest absolute Gasteiger partial charge is 0.220 e. The maximum absolute atomic E-state index is 12.4. The molecule has 0 fully saturated rings. The zero-order valence-corrected chi connectivity index (χ0v) is 36.6.